The van der Waals surface area contributed by atoms with E-state index in [-0.39, 0.29) is 11.7 Å². The maximum atomic E-state index is 12.6. The van der Waals surface area contributed by atoms with Gasteiger partial charge in [-0.05, 0) is 42.5 Å². The molecule has 32 heavy (non-hydrogen) atoms. The molecule has 3 aromatic carbocycles. The van der Waals surface area contributed by atoms with Gasteiger partial charge in [0.05, 0.1) is 17.5 Å². The van der Waals surface area contributed by atoms with Crippen molar-refractivity contribution in [2.45, 2.75) is 5.16 Å². The maximum absolute atomic E-state index is 12.6. The van der Waals surface area contributed by atoms with Crippen LogP contribution in [0, 0.1) is 0 Å². The number of aromatic amines is 1. The maximum Gasteiger partial charge on any atom is 0.234 e. The van der Waals surface area contributed by atoms with E-state index < -0.39 is 0 Å². The van der Waals surface area contributed by atoms with Crippen LogP contribution in [0.2, 0.25) is 5.02 Å². The summed E-state index contributed by atoms with van der Waals surface area (Å²) >= 11 is 7.51. The van der Waals surface area contributed by atoms with Crippen molar-refractivity contribution < 1.29 is 4.79 Å². The Labute approximate surface area is 192 Å². The largest absolute Gasteiger partial charge is 0.325 e. The van der Waals surface area contributed by atoms with E-state index in [1.165, 1.54) is 11.8 Å². The van der Waals surface area contributed by atoms with Crippen LogP contribution in [-0.4, -0.2) is 36.6 Å². The molecule has 0 aliphatic carbocycles. The fourth-order valence-corrected chi connectivity index (χ4v) is 4.27. The molecule has 0 unspecified atom stereocenters. The van der Waals surface area contributed by atoms with Gasteiger partial charge in [0.25, 0.3) is 0 Å². The number of halogens is 1. The molecule has 2 aromatic heterocycles. The van der Waals surface area contributed by atoms with E-state index in [2.05, 4.69) is 25.7 Å². The standard InChI is InChI=1S/C23H17ClN6OS/c24-17-6-4-5-15(11-17)22-28-29-23(30(22)19-7-2-1-3-8-19)32-14-21(31)26-18-10-9-16-13-25-27-20(16)12-18/h1-13H,14H2,(H,25,27)(H,26,31). The lowest BCUT2D eigenvalue weighted by molar-refractivity contribution is -0.113. The third-order valence-corrected chi connectivity index (χ3v) is 5.95. The number of hydrogen-bond donors (Lipinski definition) is 2. The van der Waals surface area contributed by atoms with E-state index in [0.717, 1.165) is 22.2 Å². The molecular weight excluding hydrogens is 444 g/mol. The minimum absolute atomic E-state index is 0.138. The summed E-state index contributed by atoms with van der Waals surface area (Å²) in [4.78, 5) is 12.6. The number of para-hydroxylation sites is 1. The molecule has 0 fully saturated rings. The Bertz CT molecular complexity index is 1400. The van der Waals surface area contributed by atoms with Crippen LogP contribution in [0.3, 0.4) is 0 Å². The van der Waals surface area contributed by atoms with E-state index in [4.69, 9.17) is 11.6 Å². The molecule has 158 valence electrons. The SMILES string of the molecule is O=C(CSc1nnc(-c2cccc(Cl)c2)n1-c1ccccc1)Nc1ccc2cn[nH]c2c1. The molecule has 5 rings (SSSR count). The second-order valence-electron chi connectivity index (χ2n) is 7.00. The molecule has 2 heterocycles. The number of rotatable bonds is 6. The second kappa shape index (κ2) is 8.86. The summed E-state index contributed by atoms with van der Waals surface area (Å²) in [5.74, 6) is 0.703. The Morgan fingerprint density at radius 1 is 1.03 bits per heavy atom. The molecule has 0 saturated carbocycles. The summed E-state index contributed by atoms with van der Waals surface area (Å²) in [6.07, 6.45) is 1.74. The Morgan fingerprint density at radius 3 is 2.75 bits per heavy atom. The number of H-pyrrole nitrogens is 1. The number of aromatic nitrogens is 5. The topological polar surface area (TPSA) is 88.5 Å². The Balaban J connectivity index is 1.39. The van der Waals surface area contributed by atoms with Gasteiger partial charge in [0.1, 0.15) is 0 Å². The monoisotopic (exact) mass is 460 g/mol. The number of carbonyl (C=O) groups excluding carboxylic acids is 1. The summed E-state index contributed by atoms with van der Waals surface area (Å²) < 4.78 is 1.93. The molecule has 0 aliphatic rings. The Morgan fingerprint density at radius 2 is 1.91 bits per heavy atom. The van der Waals surface area contributed by atoms with Crippen molar-refractivity contribution in [1.29, 1.82) is 0 Å². The zero-order valence-electron chi connectivity index (χ0n) is 16.7. The first-order chi connectivity index (χ1) is 15.7. The normalized spacial score (nSPS) is 11.0. The average molecular weight is 461 g/mol. The van der Waals surface area contributed by atoms with Crippen molar-refractivity contribution in [2.75, 3.05) is 11.1 Å². The number of hydrogen-bond acceptors (Lipinski definition) is 5. The number of fused-ring (bicyclic) bond motifs is 1. The zero-order chi connectivity index (χ0) is 21.9. The number of nitrogens with one attached hydrogen (secondary N) is 2. The quantitative estimate of drug-likeness (QED) is 0.340. The first-order valence-corrected chi connectivity index (χ1v) is 11.2. The molecule has 0 aliphatic heterocycles. The Kier molecular flexibility index (Phi) is 5.62. The van der Waals surface area contributed by atoms with Gasteiger partial charge in [0, 0.05) is 27.3 Å². The first-order valence-electron chi connectivity index (χ1n) is 9.80. The minimum Gasteiger partial charge on any atom is -0.325 e. The average Bonchev–Trinajstić information content (AvgIpc) is 3.45. The van der Waals surface area contributed by atoms with E-state index >= 15 is 0 Å². The predicted molar refractivity (Wildman–Crippen MR) is 127 cm³/mol. The number of carbonyl (C=O) groups is 1. The molecule has 9 heteroatoms. The molecule has 0 spiro atoms. The van der Waals surface area contributed by atoms with Crippen LogP contribution in [0.15, 0.2) is 84.1 Å². The minimum atomic E-state index is -0.138. The van der Waals surface area contributed by atoms with Crippen LogP contribution in [0.4, 0.5) is 5.69 Å². The smallest absolute Gasteiger partial charge is 0.234 e. The number of amides is 1. The molecule has 1 amide bonds. The van der Waals surface area contributed by atoms with Crippen LogP contribution >= 0.6 is 23.4 Å². The zero-order valence-corrected chi connectivity index (χ0v) is 18.3. The number of thioether (sulfide) groups is 1. The van der Waals surface area contributed by atoms with Gasteiger partial charge in [-0.2, -0.15) is 5.10 Å². The van der Waals surface area contributed by atoms with Gasteiger partial charge < -0.3 is 5.32 Å². The summed E-state index contributed by atoms with van der Waals surface area (Å²) in [6, 6.07) is 22.9. The molecule has 2 N–H and O–H groups in total. The third kappa shape index (κ3) is 4.23. The summed E-state index contributed by atoms with van der Waals surface area (Å²) in [5, 5.41) is 20.8. The lowest BCUT2D eigenvalue weighted by Gasteiger charge is -2.10. The highest BCUT2D eigenvalue weighted by atomic mass is 35.5. The van der Waals surface area contributed by atoms with Gasteiger partial charge in [0.2, 0.25) is 5.91 Å². The first kappa shape index (κ1) is 20.3. The number of anilines is 1. The van der Waals surface area contributed by atoms with Gasteiger partial charge in [0.15, 0.2) is 11.0 Å². The van der Waals surface area contributed by atoms with E-state index in [1.54, 1.807) is 6.20 Å². The van der Waals surface area contributed by atoms with E-state index in [9.17, 15) is 4.79 Å². The van der Waals surface area contributed by atoms with Crippen LogP contribution < -0.4 is 5.32 Å². The highest BCUT2D eigenvalue weighted by Gasteiger charge is 2.17. The fourth-order valence-electron chi connectivity index (χ4n) is 3.33. The number of benzene rings is 3. The fraction of sp³-hybridized carbons (Fsp3) is 0.0435. The molecule has 0 saturated heterocycles. The highest BCUT2D eigenvalue weighted by Crippen LogP contribution is 2.29. The van der Waals surface area contributed by atoms with E-state index in [1.807, 2.05) is 77.4 Å². The molecule has 0 bridgehead atoms. The third-order valence-electron chi connectivity index (χ3n) is 4.79. The summed E-state index contributed by atoms with van der Waals surface area (Å²) in [6.45, 7) is 0. The molecule has 0 radical (unpaired) electrons. The van der Waals surface area contributed by atoms with Crippen LogP contribution in [0.25, 0.3) is 28.0 Å². The lowest BCUT2D eigenvalue weighted by atomic mass is 10.2. The van der Waals surface area contributed by atoms with Crippen molar-refractivity contribution in [3.8, 4) is 17.1 Å². The highest BCUT2D eigenvalue weighted by molar-refractivity contribution is 7.99. The molecular formula is C23H17ClN6OS. The Hall–Kier alpha value is -3.62. The predicted octanol–water partition coefficient (Wildman–Crippen LogP) is 5.19. The lowest BCUT2D eigenvalue weighted by Crippen LogP contribution is -2.14. The second-order valence-corrected chi connectivity index (χ2v) is 8.38. The molecule has 5 aromatic rings. The van der Waals surface area contributed by atoms with E-state index in [0.29, 0.717) is 21.7 Å². The van der Waals surface area contributed by atoms with Gasteiger partial charge in [-0.15, -0.1) is 10.2 Å². The summed E-state index contributed by atoms with van der Waals surface area (Å²) in [7, 11) is 0. The van der Waals surface area contributed by atoms with Gasteiger partial charge >= 0.3 is 0 Å². The van der Waals surface area contributed by atoms with Gasteiger partial charge in [-0.3, -0.25) is 14.5 Å². The van der Waals surface area contributed by atoms with Crippen LogP contribution in [-0.2, 0) is 4.79 Å². The van der Waals surface area contributed by atoms with Gasteiger partial charge in [-0.1, -0.05) is 53.7 Å². The van der Waals surface area contributed by atoms with Crippen molar-refractivity contribution in [1.82, 2.24) is 25.0 Å². The van der Waals surface area contributed by atoms with Crippen LogP contribution in [0.1, 0.15) is 0 Å². The van der Waals surface area contributed by atoms with Crippen molar-refractivity contribution in [2.24, 2.45) is 0 Å². The number of nitrogens with zero attached hydrogens (tertiary/aromatic N) is 4. The van der Waals surface area contributed by atoms with Crippen molar-refractivity contribution >= 4 is 45.9 Å². The van der Waals surface area contributed by atoms with Crippen LogP contribution in [0.5, 0.6) is 0 Å². The van der Waals surface area contributed by atoms with Gasteiger partial charge in [-0.25, -0.2) is 0 Å². The van der Waals surface area contributed by atoms with Crippen molar-refractivity contribution in [3.63, 3.8) is 0 Å². The van der Waals surface area contributed by atoms with Crippen molar-refractivity contribution in [3.05, 3.63) is 84.0 Å². The molecule has 0 atom stereocenters. The molecule has 7 nitrogen and oxygen atoms in total. The summed E-state index contributed by atoms with van der Waals surface area (Å²) in [5.41, 5.74) is 3.32.